The standard InChI is InChI=1S/C15H18N2O3/c1-9-5-7-11(8-6-9)13-12(14(18)20-4)10(2)17(3)15(19)16-13/h5-8,13H,1-4H3,(H,16,19)/t13-/m0/s1. The molecule has 1 atom stereocenters. The maximum Gasteiger partial charge on any atom is 0.337 e. The first-order valence-corrected chi connectivity index (χ1v) is 6.35. The number of esters is 1. The Balaban J connectivity index is 2.51. The topological polar surface area (TPSA) is 58.6 Å². The summed E-state index contributed by atoms with van der Waals surface area (Å²) < 4.78 is 4.84. The number of benzene rings is 1. The summed E-state index contributed by atoms with van der Waals surface area (Å²) in [4.78, 5) is 25.4. The van der Waals surface area contributed by atoms with Crippen molar-refractivity contribution in [2.45, 2.75) is 19.9 Å². The van der Waals surface area contributed by atoms with Gasteiger partial charge in [-0.15, -0.1) is 0 Å². The molecule has 0 bridgehead atoms. The molecular weight excluding hydrogens is 256 g/mol. The summed E-state index contributed by atoms with van der Waals surface area (Å²) >= 11 is 0. The Kier molecular flexibility index (Phi) is 3.79. The summed E-state index contributed by atoms with van der Waals surface area (Å²) in [6.07, 6.45) is 0. The number of methoxy groups -OCH3 is 1. The van der Waals surface area contributed by atoms with Crippen LogP contribution in [0.2, 0.25) is 0 Å². The van der Waals surface area contributed by atoms with Crippen molar-refractivity contribution in [3.05, 3.63) is 46.7 Å². The minimum Gasteiger partial charge on any atom is -0.466 e. The summed E-state index contributed by atoms with van der Waals surface area (Å²) in [6.45, 7) is 3.73. The predicted molar refractivity (Wildman–Crippen MR) is 74.9 cm³/mol. The van der Waals surface area contributed by atoms with Gasteiger partial charge in [0.1, 0.15) is 0 Å². The lowest BCUT2D eigenvalue weighted by molar-refractivity contribution is -0.136. The van der Waals surface area contributed by atoms with Crippen molar-refractivity contribution in [1.29, 1.82) is 0 Å². The Labute approximate surface area is 118 Å². The average molecular weight is 274 g/mol. The second-order valence-electron chi connectivity index (χ2n) is 4.84. The minimum atomic E-state index is -0.480. The number of carbonyl (C=O) groups excluding carboxylic acids is 2. The summed E-state index contributed by atoms with van der Waals surface area (Å²) in [5, 5.41) is 2.83. The Hall–Kier alpha value is -2.30. The van der Waals surface area contributed by atoms with Crippen LogP contribution in [0.15, 0.2) is 35.5 Å². The second-order valence-corrected chi connectivity index (χ2v) is 4.84. The second kappa shape index (κ2) is 5.36. The average Bonchev–Trinajstić information content (AvgIpc) is 2.44. The number of ether oxygens (including phenoxy) is 1. The summed E-state index contributed by atoms with van der Waals surface area (Å²) in [6, 6.07) is 6.99. The largest absolute Gasteiger partial charge is 0.466 e. The molecule has 0 saturated carbocycles. The highest BCUT2D eigenvalue weighted by atomic mass is 16.5. The van der Waals surface area contributed by atoms with Gasteiger partial charge in [-0.1, -0.05) is 29.8 Å². The molecule has 2 amide bonds. The number of amides is 2. The molecule has 0 saturated heterocycles. The molecule has 5 heteroatoms. The van der Waals surface area contributed by atoms with E-state index in [0.29, 0.717) is 11.3 Å². The van der Waals surface area contributed by atoms with Gasteiger partial charge in [0.15, 0.2) is 0 Å². The van der Waals surface area contributed by atoms with Gasteiger partial charge in [-0.05, 0) is 19.4 Å². The Morgan fingerprint density at radius 1 is 1.25 bits per heavy atom. The van der Waals surface area contributed by atoms with E-state index in [0.717, 1.165) is 11.1 Å². The van der Waals surface area contributed by atoms with Crippen LogP contribution in [0.25, 0.3) is 0 Å². The van der Waals surface area contributed by atoms with E-state index in [2.05, 4.69) is 5.32 Å². The first-order valence-electron chi connectivity index (χ1n) is 6.35. The first-order chi connectivity index (χ1) is 9.45. The van der Waals surface area contributed by atoms with Gasteiger partial charge in [0, 0.05) is 12.7 Å². The van der Waals surface area contributed by atoms with Crippen molar-refractivity contribution < 1.29 is 14.3 Å². The molecular formula is C15H18N2O3. The lowest BCUT2D eigenvalue weighted by Crippen LogP contribution is -2.46. The van der Waals surface area contributed by atoms with Crippen LogP contribution in [-0.2, 0) is 9.53 Å². The third-order valence-corrected chi connectivity index (χ3v) is 3.57. The van der Waals surface area contributed by atoms with Crippen LogP contribution in [0.5, 0.6) is 0 Å². The lowest BCUT2D eigenvalue weighted by atomic mass is 9.94. The maximum absolute atomic E-state index is 12.0. The van der Waals surface area contributed by atoms with E-state index in [1.807, 2.05) is 31.2 Å². The Morgan fingerprint density at radius 2 is 1.85 bits per heavy atom. The van der Waals surface area contributed by atoms with E-state index in [9.17, 15) is 9.59 Å². The monoisotopic (exact) mass is 274 g/mol. The van der Waals surface area contributed by atoms with Gasteiger partial charge in [0.05, 0.1) is 18.7 Å². The molecule has 106 valence electrons. The van der Waals surface area contributed by atoms with Gasteiger partial charge in [-0.3, -0.25) is 0 Å². The zero-order valence-electron chi connectivity index (χ0n) is 12.1. The van der Waals surface area contributed by atoms with Crippen LogP contribution in [0.1, 0.15) is 24.1 Å². The van der Waals surface area contributed by atoms with Crippen LogP contribution in [-0.4, -0.2) is 31.1 Å². The van der Waals surface area contributed by atoms with Gasteiger partial charge in [-0.2, -0.15) is 0 Å². The van der Waals surface area contributed by atoms with E-state index < -0.39 is 12.0 Å². The summed E-state index contributed by atoms with van der Waals surface area (Å²) in [5.74, 6) is -0.431. The number of aryl methyl sites for hydroxylation is 1. The molecule has 0 spiro atoms. The number of hydrogen-bond donors (Lipinski definition) is 1. The fourth-order valence-electron chi connectivity index (χ4n) is 2.22. The van der Waals surface area contributed by atoms with Crippen molar-refractivity contribution >= 4 is 12.0 Å². The number of nitrogens with one attached hydrogen (secondary N) is 1. The quantitative estimate of drug-likeness (QED) is 0.841. The minimum absolute atomic E-state index is 0.235. The fourth-order valence-corrected chi connectivity index (χ4v) is 2.22. The molecule has 1 aliphatic heterocycles. The maximum atomic E-state index is 12.0. The van der Waals surface area contributed by atoms with Crippen LogP contribution >= 0.6 is 0 Å². The van der Waals surface area contributed by atoms with Crippen LogP contribution in [0, 0.1) is 6.92 Å². The summed E-state index contributed by atoms with van der Waals surface area (Å²) in [5.41, 5.74) is 3.04. The molecule has 0 fully saturated rings. The van der Waals surface area contributed by atoms with Crippen LogP contribution < -0.4 is 5.32 Å². The van der Waals surface area contributed by atoms with Crippen molar-refractivity contribution in [1.82, 2.24) is 10.2 Å². The molecule has 1 heterocycles. The smallest absolute Gasteiger partial charge is 0.337 e. The molecule has 5 nitrogen and oxygen atoms in total. The van der Waals surface area contributed by atoms with E-state index in [-0.39, 0.29) is 6.03 Å². The summed E-state index contributed by atoms with van der Waals surface area (Å²) in [7, 11) is 2.96. The van der Waals surface area contributed by atoms with Crippen molar-refractivity contribution in [2.75, 3.05) is 14.2 Å². The molecule has 1 aromatic rings. The number of allylic oxidation sites excluding steroid dienone is 1. The Bertz CT molecular complexity index is 575. The lowest BCUT2D eigenvalue weighted by Gasteiger charge is -2.33. The molecule has 1 aromatic carbocycles. The predicted octanol–water partition coefficient (Wildman–Crippen LogP) is 2.14. The number of carbonyl (C=O) groups is 2. The first kappa shape index (κ1) is 14.1. The molecule has 0 unspecified atom stereocenters. The van der Waals surface area contributed by atoms with E-state index in [1.165, 1.54) is 12.0 Å². The fraction of sp³-hybridized carbons (Fsp3) is 0.333. The zero-order valence-corrected chi connectivity index (χ0v) is 12.1. The van der Waals surface area contributed by atoms with Gasteiger partial charge >= 0.3 is 12.0 Å². The normalized spacial score (nSPS) is 18.9. The Morgan fingerprint density at radius 3 is 2.40 bits per heavy atom. The van der Waals surface area contributed by atoms with Gasteiger partial charge < -0.3 is 15.0 Å². The highest BCUT2D eigenvalue weighted by Crippen LogP contribution is 2.30. The van der Waals surface area contributed by atoms with Crippen molar-refractivity contribution in [3.8, 4) is 0 Å². The van der Waals surface area contributed by atoms with Crippen LogP contribution in [0.4, 0.5) is 4.79 Å². The van der Waals surface area contributed by atoms with Crippen LogP contribution in [0.3, 0.4) is 0 Å². The zero-order chi connectivity index (χ0) is 14.9. The number of nitrogens with zero attached hydrogens (tertiary/aromatic N) is 1. The number of rotatable bonds is 2. The number of hydrogen-bond acceptors (Lipinski definition) is 3. The number of urea groups is 1. The molecule has 0 aromatic heterocycles. The SMILES string of the molecule is COC(=O)C1=C(C)N(C)C(=O)N[C@H]1c1ccc(C)cc1. The van der Waals surface area contributed by atoms with Gasteiger partial charge in [-0.25, -0.2) is 9.59 Å². The van der Waals surface area contributed by atoms with E-state index >= 15 is 0 Å². The third kappa shape index (κ3) is 2.39. The van der Waals surface area contributed by atoms with Crippen molar-refractivity contribution in [3.63, 3.8) is 0 Å². The van der Waals surface area contributed by atoms with E-state index in [1.54, 1.807) is 14.0 Å². The highest BCUT2D eigenvalue weighted by molar-refractivity contribution is 5.94. The van der Waals surface area contributed by atoms with Crippen molar-refractivity contribution in [2.24, 2.45) is 0 Å². The van der Waals surface area contributed by atoms with Gasteiger partial charge in [0.25, 0.3) is 0 Å². The molecule has 20 heavy (non-hydrogen) atoms. The highest BCUT2D eigenvalue weighted by Gasteiger charge is 2.34. The molecule has 0 radical (unpaired) electrons. The molecule has 0 aliphatic carbocycles. The third-order valence-electron chi connectivity index (χ3n) is 3.57. The van der Waals surface area contributed by atoms with Gasteiger partial charge in [0.2, 0.25) is 0 Å². The van der Waals surface area contributed by atoms with E-state index in [4.69, 9.17) is 4.74 Å². The molecule has 1 aliphatic rings. The molecule has 2 rings (SSSR count). The molecule has 1 N–H and O–H groups in total.